The molecule has 2 rings (SSSR count). The second-order valence-corrected chi connectivity index (χ2v) is 7.54. The van der Waals surface area contributed by atoms with Gasteiger partial charge in [0.25, 0.3) is 5.91 Å². The van der Waals surface area contributed by atoms with E-state index in [4.69, 9.17) is 9.47 Å². The summed E-state index contributed by atoms with van der Waals surface area (Å²) in [5, 5.41) is 2.89. The Hall–Kier alpha value is -1.56. The quantitative estimate of drug-likeness (QED) is 0.696. The van der Waals surface area contributed by atoms with Crippen molar-refractivity contribution in [2.24, 2.45) is 0 Å². The summed E-state index contributed by atoms with van der Waals surface area (Å²) in [5.41, 5.74) is -1.49. The zero-order chi connectivity index (χ0) is 17.3. The number of hydrogen-bond acceptors (Lipinski definition) is 4. The maximum Gasteiger partial charge on any atom is 0.412 e. The van der Waals surface area contributed by atoms with Crippen LogP contribution in [0.1, 0.15) is 53.9 Å². The van der Waals surface area contributed by atoms with Crippen LogP contribution in [0.25, 0.3) is 0 Å². The van der Waals surface area contributed by atoms with E-state index in [-0.39, 0.29) is 11.9 Å². The molecule has 1 unspecified atom stereocenters. The molecule has 0 bridgehead atoms. The van der Waals surface area contributed by atoms with Gasteiger partial charge in [0.1, 0.15) is 11.3 Å². The van der Waals surface area contributed by atoms with Crippen molar-refractivity contribution in [3.05, 3.63) is 12.2 Å². The number of rotatable bonds is 0. The lowest BCUT2D eigenvalue weighted by atomic mass is 10.0. The molecule has 2 atom stereocenters. The normalized spacial score (nSPS) is 29.4. The van der Waals surface area contributed by atoms with Crippen LogP contribution in [0.15, 0.2) is 12.2 Å². The number of amides is 2. The summed E-state index contributed by atoms with van der Waals surface area (Å²) in [6, 6.07) is -0.366. The zero-order valence-corrected chi connectivity index (χ0v) is 14.7. The predicted molar refractivity (Wildman–Crippen MR) is 86.8 cm³/mol. The highest BCUT2D eigenvalue weighted by molar-refractivity contribution is 5.83. The number of ether oxygens (including phenoxy) is 2. The Morgan fingerprint density at radius 3 is 2.74 bits per heavy atom. The molecule has 0 saturated carbocycles. The van der Waals surface area contributed by atoms with Crippen molar-refractivity contribution >= 4 is 12.0 Å². The van der Waals surface area contributed by atoms with Crippen LogP contribution in [-0.4, -0.2) is 46.9 Å². The van der Waals surface area contributed by atoms with Crippen molar-refractivity contribution in [1.82, 2.24) is 10.2 Å². The molecule has 6 nitrogen and oxygen atoms in total. The fourth-order valence-electron chi connectivity index (χ4n) is 2.99. The molecule has 2 aliphatic heterocycles. The molecule has 23 heavy (non-hydrogen) atoms. The molecule has 1 saturated heterocycles. The number of nitrogens with zero attached hydrogens (tertiary/aromatic N) is 1. The molecule has 0 aromatic heterocycles. The molecule has 0 aliphatic carbocycles. The Kier molecular flexibility index (Phi) is 5.04. The van der Waals surface area contributed by atoms with Gasteiger partial charge in [0.15, 0.2) is 6.10 Å². The average Bonchev–Trinajstić information content (AvgIpc) is 2.66. The Morgan fingerprint density at radius 2 is 2.09 bits per heavy atom. The molecule has 2 aliphatic rings. The number of fused-ring (bicyclic) bond motifs is 1. The molecule has 1 N–H and O–H groups in total. The van der Waals surface area contributed by atoms with E-state index >= 15 is 0 Å². The van der Waals surface area contributed by atoms with Crippen molar-refractivity contribution in [3.8, 4) is 0 Å². The lowest BCUT2D eigenvalue weighted by Crippen LogP contribution is -2.51. The number of nitrogens with one attached hydrogen (secondary N) is 1. The van der Waals surface area contributed by atoms with Gasteiger partial charge in [0.05, 0.1) is 6.04 Å². The molecule has 1 fully saturated rings. The summed E-state index contributed by atoms with van der Waals surface area (Å²) >= 11 is 0. The fraction of sp³-hybridized carbons (Fsp3) is 0.765. The van der Waals surface area contributed by atoms with E-state index in [9.17, 15) is 9.59 Å². The second-order valence-electron chi connectivity index (χ2n) is 7.54. The third-order valence-electron chi connectivity index (χ3n) is 3.92. The summed E-state index contributed by atoms with van der Waals surface area (Å²) in [7, 11) is 0. The van der Waals surface area contributed by atoms with Crippen LogP contribution in [0, 0.1) is 0 Å². The van der Waals surface area contributed by atoms with Gasteiger partial charge in [-0.2, -0.15) is 0 Å². The summed E-state index contributed by atoms with van der Waals surface area (Å²) in [4.78, 5) is 26.6. The molecular weight excluding hydrogens is 296 g/mol. The van der Waals surface area contributed by atoms with E-state index in [1.165, 1.54) is 0 Å². The van der Waals surface area contributed by atoms with E-state index in [1.54, 1.807) is 18.7 Å². The lowest BCUT2D eigenvalue weighted by molar-refractivity contribution is -0.138. The highest BCUT2D eigenvalue weighted by Gasteiger charge is 2.53. The number of carbonyl (C=O) groups excluding carboxylic acids is 2. The maximum atomic E-state index is 12.7. The highest BCUT2D eigenvalue weighted by atomic mass is 16.6. The van der Waals surface area contributed by atoms with Crippen LogP contribution in [-0.2, 0) is 14.3 Å². The molecule has 0 spiro atoms. The van der Waals surface area contributed by atoms with Crippen LogP contribution in [0.2, 0.25) is 0 Å². The van der Waals surface area contributed by atoms with E-state index < -0.39 is 23.5 Å². The fourth-order valence-corrected chi connectivity index (χ4v) is 2.99. The Morgan fingerprint density at radius 1 is 1.39 bits per heavy atom. The van der Waals surface area contributed by atoms with E-state index in [2.05, 4.69) is 11.4 Å². The smallest absolute Gasteiger partial charge is 0.412 e. The number of hydrogen-bond donors (Lipinski definition) is 1. The minimum absolute atomic E-state index is 0.163. The first-order valence-corrected chi connectivity index (χ1v) is 8.25. The van der Waals surface area contributed by atoms with E-state index in [0.717, 1.165) is 12.8 Å². The number of carbonyl (C=O) groups is 2. The van der Waals surface area contributed by atoms with E-state index in [0.29, 0.717) is 13.0 Å². The second kappa shape index (κ2) is 6.51. The van der Waals surface area contributed by atoms with Crippen molar-refractivity contribution in [3.63, 3.8) is 0 Å². The topological polar surface area (TPSA) is 67.9 Å². The first-order valence-electron chi connectivity index (χ1n) is 8.25. The van der Waals surface area contributed by atoms with Crippen LogP contribution < -0.4 is 5.32 Å². The first-order chi connectivity index (χ1) is 10.6. The lowest BCUT2D eigenvalue weighted by Gasteiger charge is -2.34. The van der Waals surface area contributed by atoms with E-state index in [1.807, 2.05) is 26.8 Å². The monoisotopic (exact) mass is 324 g/mol. The number of allylic oxidation sites excluding steroid dienone is 1. The third kappa shape index (κ3) is 4.25. The predicted octanol–water partition coefficient (Wildman–Crippen LogP) is 2.58. The molecule has 130 valence electrons. The largest absolute Gasteiger partial charge is 0.444 e. The minimum Gasteiger partial charge on any atom is -0.444 e. The Labute approximate surface area is 138 Å². The van der Waals surface area contributed by atoms with Gasteiger partial charge < -0.3 is 14.8 Å². The van der Waals surface area contributed by atoms with Crippen molar-refractivity contribution in [1.29, 1.82) is 0 Å². The summed E-state index contributed by atoms with van der Waals surface area (Å²) in [6.45, 7) is 9.68. The van der Waals surface area contributed by atoms with Gasteiger partial charge in [-0.3, -0.25) is 9.69 Å². The van der Waals surface area contributed by atoms with Crippen LogP contribution in [0.5, 0.6) is 0 Å². The molecule has 0 aromatic carbocycles. The van der Waals surface area contributed by atoms with Gasteiger partial charge in [-0.15, -0.1) is 0 Å². The van der Waals surface area contributed by atoms with Gasteiger partial charge in [-0.25, -0.2) is 4.79 Å². The molecule has 0 aromatic rings. The summed E-state index contributed by atoms with van der Waals surface area (Å²) < 4.78 is 11.4. The molecule has 2 amide bonds. The standard InChI is InChI=1S/C17H28N2O4/c1-16(2,3)23-15(21)19-12-10-8-6-7-9-11-18-14(20)13(12)22-17(19,4)5/h6,8,12-13H,7,9-11H2,1-5H3,(H,18,20)/b8-6+/t12-,13?/m0/s1. The molecule has 2 heterocycles. The van der Waals surface area contributed by atoms with Crippen LogP contribution in [0.4, 0.5) is 4.79 Å². The minimum atomic E-state index is -0.892. The van der Waals surface area contributed by atoms with Gasteiger partial charge >= 0.3 is 6.09 Å². The average molecular weight is 324 g/mol. The molecule has 6 heteroatoms. The van der Waals surface area contributed by atoms with Gasteiger partial charge in [-0.1, -0.05) is 12.2 Å². The van der Waals surface area contributed by atoms with Gasteiger partial charge in [-0.05, 0) is 53.9 Å². The van der Waals surface area contributed by atoms with Crippen molar-refractivity contribution in [2.45, 2.75) is 77.4 Å². The third-order valence-corrected chi connectivity index (χ3v) is 3.92. The molecular formula is C17H28N2O4. The van der Waals surface area contributed by atoms with Crippen molar-refractivity contribution in [2.75, 3.05) is 6.54 Å². The Balaban J connectivity index is 2.29. The highest BCUT2D eigenvalue weighted by Crippen LogP contribution is 2.35. The Bertz CT molecular complexity index is 493. The maximum absolute atomic E-state index is 12.7. The SMILES string of the molecule is CC(C)(C)OC(=O)N1[C@H]2C/C=C/CCCNC(=O)C2OC1(C)C. The van der Waals surface area contributed by atoms with Crippen LogP contribution >= 0.6 is 0 Å². The van der Waals surface area contributed by atoms with Crippen molar-refractivity contribution < 1.29 is 19.1 Å². The zero-order valence-electron chi connectivity index (χ0n) is 14.7. The molecule has 0 radical (unpaired) electrons. The first kappa shape index (κ1) is 17.8. The van der Waals surface area contributed by atoms with Crippen LogP contribution in [0.3, 0.4) is 0 Å². The summed E-state index contributed by atoms with van der Waals surface area (Å²) in [6.07, 6.45) is 5.37. The van der Waals surface area contributed by atoms with Gasteiger partial charge in [0, 0.05) is 6.54 Å². The van der Waals surface area contributed by atoms with Gasteiger partial charge in [0.2, 0.25) is 0 Å². The summed E-state index contributed by atoms with van der Waals surface area (Å²) in [5.74, 6) is -0.163.